The molecule has 0 aliphatic heterocycles. The van der Waals surface area contributed by atoms with E-state index in [0.29, 0.717) is 22.9 Å². The van der Waals surface area contributed by atoms with E-state index in [-0.39, 0.29) is 6.04 Å². The Balaban J connectivity index is 3.00. The minimum absolute atomic E-state index is 0.0276. The zero-order chi connectivity index (χ0) is 12.8. The van der Waals surface area contributed by atoms with Crippen LogP contribution in [0.3, 0.4) is 0 Å². The van der Waals surface area contributed by atoms with E-state index in [9.17, 15) is 0 Å². The number of halogens is 1. The van der Waals surface area contributed by atoms with Crippen LogP contribution in [0.4, 0.5) is 5.69 Å². The van der Waals surface area contributed by atoms with E-state index >= 15 is 0 Å². The fraction of sp³-hybridized carbons (Fsp3) is 0.417. The van der Waals surface area contributed by atoms with Gasteiger partial charge in [0.2, 0.25) is 0 Å². The van der Waals surface area contributed by atoms with Gasteiger partial charge in [0.1, 0.15) is 11.5 Å². The highest BCUT2D eigenvalue weighted by molar-refractivity contribution is 6.32. The number of hydrogen-bond donors (Lipinski definition) is 1. The minimum atomic E-state index is 0.0276. The molecule has 4 nitrogen and oxygen atoms in total. The summed E-state index contributed by atoms with van der Waals surface area (Å²) in [6, 6.07) is 5.57. The summed E-state index contributed by atoms with van der Waals surface area (Å²) >= 11 is 5.99. The maximum Gasteiger partial charge on any atom is 0.143 e. The quantitative estimate of drug-likeness (QED) is 0.877. The lowest BCUT2D eigenvalue weighted by Crippen LogP contribution is -2.14. The monoisotopic (exact) mass is 254 g/mol. The number of ether oxygens (including phenoxy) is 2. The Kier molecular flexibility index (Phi) is 4.92. The molecule has 0 heterocycles. The van der Waals surface area contributed by atoms with Gasteiger partial charge in [0, 0.05) is 18.2 Å². The second-order valence-electron chi connectivity index (χ2n) is 3.59. The first-order valence-corrected chi connectivity index (χ1v) is 5.55. The predicted octanol–water partition coefficient (Wildman–Crippen LogP) is 3.07. The van der Waals surface area contributed by atoms with Gasteiger partial charge in [0.25, 0.3) is 0 Å². The summed E-state index contributed by atoms with van der Waals surface area (Å²) in [6.07, 6.45) is 0.411. The van der Waals surface area contributed by atoms with Crippen LogP contribution in [0.25, 0.3) is 0 Å². The molecule has 0 fully saturated rings. The fourth-order valence-corrected chi connectivity index (χ4v) is 1.66. The molecule has 17 heavy (non-hydrogen) atoms. The van der Waals surface area contributed by atoms with Crippen LogP contribution in [-0.2, 0) is 0 Å². The Bertz CT molecular complexity index is 429. The van der Waals surface area contributed by atoms with Crippen LogP contribution < -0.4 is 14.8 Å². The summed E-state index contributed by atoms with van der Waals surface area (Å²) in [7, 11) is 3.12. The number of anilines is 1. The summed E-state index contributed by atoms with van der Waals surface area (Å²) in [5.74, 6) is 1.19. The Labute approximate surface area is 106 Å². The molecule has 1 aromatic rings. The molecule has 1 rings (SSSR count). The van der Waals surface area contributed by atoms with Crippen molar-refractivity contribution >= 4 is 17.3 Å². The van der Waals surface area contributed by atoms with E-state index in [1.165, 1.54) is 0 Å². The van der Waals surface area contributed by atoms with Gasteiger partial charge in [-0.05, 0) is 6.92 Å². The Hall–Kier alpha value is -1.60. The van der Waals surface area contributed by atoms with Crippen molar-refractivity contribution in [3.63, 3.8) is 0 Å². The smallest absolute Gasteiger partial charge is 0.143 e. The van der Waals surface area contributed by atoms with Crippen LogP contribution in [0.1, 0.15) is 13.3 Å². The number of nitrogens with zero attached hydrogens (tertiary/aromatic N) is 1. The van der Waals surface area contributed by atoms with Crippen LogP contribution >= 0.6 is 11.6 Å². The van der Waals surface area contributed by atoms with Crippen molar-refractivity contribution in [3.05, 3.63) is 17.2 Å². The van der Waals surface area contributed by atoms with E-state index in [0.717, 1.165) is 5.69 Å². The average Bonchev–Trinajstić information content (AvgIpc) is 2.31. The molecule has 1 unspecified atom stereocenters. The van der Waals surface area contributed by atoms with Crippen LogP contribution in [0.5, 0.6) is 11.5 Å². The summed E-state index contributed by atoms with van der Waals surface area (Å²) in [5.41, 5.74) is 0.761. The van der Waals surface area contributed by atoms with Gasteiger partial charge in [0.05, 0.1) is 37.4 Å². The van der Waals surface area contributed by atoms with Crippen molar-refractivity contribution in [2.24, 2.45) is 0 Å². The van der Waals surface area contributed by atoms with E-state index in [1.54, 1.807) is 26.4 Å². The topological polar surface area (TPSA) is 54.3 Å². The molecule has 0 saturated heterocycles. The maximum absolute atomic E-state index is 8.62. The van der Waals surface area contributed by atoms with Crippen LogP contribution in [-0.4, -0.2) is 20.3 Å². The van der Waals surface area contributed by atoms with Crippen molar-refractivity contribution in [2.45, 2.75) is 19.4 Å². The standard InChI is InChI=1S/C12H15ClN2O2/c1-8(4-5-14)15-10-7-11(16-2)9(13)6-12(10)17-3/h6-8,15H,4H2,1-3H3. The normalized spacial score (nSPS) is 11.5. The maximum atomic E-state index is 8.62. The fourth-order valence-electron chi connectivity index (χ4n) is 1.43. The summed E-state index contributed by atoms with van der Waals surface area (Å²) < 4.78 is 10.4. The lowest BCUT2D eigenvalue weighted by atomic mass is 10.2. The first kappa shape index (κ1) is 13.5. The number of hydrogen-bond acceptors (Lipinski definition) is 4. The van der Waals surface area contributed by atoms with Crippen molar-refractivity contribution in [2.75, 3.05) is 19.5 Å². The third-order valence-electron chi connectivity index (χ3n) is 2.27. The molecule has 1 aromatic carbocycles. The van der Waals surface area contributed by atoms with E-state index < -0.39 is 0 Å². The summed E-state index contributed by atoms with van der Waals surface area (Å²) in [4.78, 5) is 0. The molecule has 1 N–H and O–H groups in total. The number of benzene rings is 1. The molecule has 0 amide bonds. The van der Waals surface area contributed by atoms with Gasteiger partial charge in [-0.2, -0.15) is 5.26 Å². The highest BCUT2D eigenvalue weighted by atomic mass is 35.5. The van der Waals surface area contributed by atoms with Gasteiger partial charge in [-0.1, -0.05) is 11.6 Å². The highest BCUT2D eigenvalue weighted by Crippen LogP contribution is 2.36. The van der Waals surface area contributed by atoms with Gasteiger partial charge in [-0.15, -0.1) is 0 Å². The van der Waals surface area contributed by atoms with Crippen LogP contribution in [0, 0.1) is 11.3 Å². The third kappa shape index (κ3) is 3.43. The SMILES string of the molecule is COc1cc(NC(C)CC#N)c(OC)cc1Cl. The second-order valence-corrected chi connectivity index (χ2v) is 4.00. The number of rotatable bonds is 5. The van der Waals surface area contributed by atoms with Crippen molar-refractivity contribution in [1.82, 2.24) is 0 Å². The zero-order valence-electron chi connectivity index (χ0n) is 10.1. The molecule has 0 saturated carbocycles. The van der Waals surface area contributed by atoms with Gasteiger partial charge < -0.3 is 14.8 Å². The minimum Gasteiger partial charge on any atom is -0.495 e. The van der Waals surface area contributed by atoms with E-state index in [4.69, 9.17) is 26.3 Å². The molecule has 0 aliphatic rings. The molecule has 0 radical (unpaired) electrons. The summed E-state index contributed by atoms with van der Waals surface area (Å²) in [5, 5.41) is 12.3. The second kappa shape index (κ2) is 6.21. The Morgan fingerprint density at radius 1 is 1.35 bits per heavy atom. The van der Waals surface area contributed by atoms with Gasteiger partial charge >= 0.3 is 0 Å². The van der Waals surface area contributed by atoms with Gasteiger partial charge in [-0.3, -0.25) is 0 Å². The Morgan fingerprint density at radius 2 is 2.00 bits per heavy atom. The number of nitrogens with one attached hydrogen (secondary N) is 1. The molecule has 0 aliphatic carbocycles. The van der Waals surface area contributed by atoms with Crippen LogP contribution in [0.2, 0.25) is 5.02 Å². The lowest BCUT2D eigenvalue weighted by molar-refractivity contribution is 0.404. The molecule has 5 heteroatoms. The number of methoxy groups -OCH3 is 2. The van der Waals surface area contributed by atoms with E-state index in [2.05, 4.69) is 11.4 Å². The lowest BCUT2D eigenvalue weighted by Gasteiger charge is -2.17. The molecule has 1 atom stereocenters. The third-order valence-corrected chi connectivity index (χ3v) is 2.57. The predicted molar refractivity (Wildman–Crippen MR) is 67.9 cm³/mol. The Morgan fingerprint density at radius 3 is 2.53 bits per heavy atom. The molecule has 0 spiro atoms. The largest absolute Gasteiger partial charge is 0.495 e. The van der Waals surface area contributed by atoms with Crippen LogP contribution in [0.15, 0.2) is 12.1 Å². The zero-order valence-corrected chi connectivity index (χ0v) is 10.8. The summed E-state index contributed by atoms with van der Waals surface area (Å²) in [6.45, 7) is 1.92. The van der Waals surface area contributed by atoms with E-state index in [1.807, 2.05) is 6.92 Å². The molecule has 0 aromatic heterocycles. The molecule has 92 valence electrons. The average molecular weight is 255 g/mol. The first-order chi connectivity index (χ1) is 8.12. The van der Waals surface area contributed by atoms with Crippen molar-refractivity contribution in [3.8, 4) is 17.6 Å². The van der Waals surface area contributed by atoms with Crippen molar-refractivity contribution in [1.29, 1.82) is 5.26 Å². The number of nitriles is 1. The molecule has 0 bridgehead atoms. The first-order valence-electron chi connectivity index (χ1n) is 5.17. The highest BCUT2D eigenvalue weighted by Gasteiger charge is 2.11. The molecular weight excluding hydrogens is 240 g/mol. The van der Waals surface area contributed by atoms with Crippen molar-refractivity contribution < 1.29 is 9.47 Å². The molecular formula is C12H15ClN2O2. The van der Waals surface area contributed by atoms with Gasteiger partial charge in [-0.25, -0.2) is 0 Å². The van der Waals surface area contributed by atoms with Gasteiger partial charge in [0.15, 0.2) is 0 Å².